The van der Waals surface area contributed by atoms with Gasteiger partial charge in [0, 0.05) is 31.1 Å². The van der Waals surface area contributed by atoms with E-state index >= 15 is 0 Å². The van der Waals surface area contributed by atoms with Gasteiger partial charge in [-0.15, -0.1) is 0 Å². The van der Waals surface area contributed by atoms with Crippen LogP contribution >= 0.6 is 0 Å². The monoisotopic (exact) mass is 258 g/mol. The molecule has 4 heteroatoms. The van der Waals surface area contributed by atoms with E-state index in [2.05, 4.69) is 17.0 Å². The summed E-state index contributed by atoms with van der Waals surface area (Å²) in [5.41, 5.74) is 2.30. The van der Waals surface area contributed by atoms with E-state index in [1.807, 2.05) is 18.2 Å². The van der Waals surface area contributed by atoms with Crippen LogP contribution in [0.2, 0.25) is 0 Å². The fourth-order valence-corrected chi connectivity index (χ4v) is 2.69. The van der Waals surface area contributed by atoms with Crippen LogP contribution in [-0.2, 0) is 4.79 Å². The summed E-state index contributed by atoms with van der Waals surface area (Å²) in [6.45, 7) is 1.67. The minimum absolute atomic E-state index is 0.0877. The predicted molar refractivity (Wildman–Crippen MR) is 73.1 cm³/mol. The molecule has 0 saturated carbocycles. The Bertz CT molecular complexity index is 493. The molecule has 1 aliphatic heterocycles. The van der Waals surface area contributed by atoms with E-state index in [1.54, 1.807) is 0 Å². The first-order valence-corrected chi connectivity index (χ1v) is 6.65. The fraction of sp³-hybridized carbons (Fsp3) is 0.467. The molecule has 0 radical (unpaired) electrons. The van der Waals surface area contributed by atoms with Gasteiger partial charge in [-0.25, -0.2) is 0 Å². The largest absolute Gasteiger partial charge is 0.481 e. The number of fused-ring (bicyclic) bond motifs is 1. The van der Waals surface area contributed by atoms with Crippen LogP contribution in [0.4, 0.5) is 5.69 Å². The summed E-state index contributed by atoms with van der Waals surface area (Å²) in [5, 5.41) is 17.5. The van der Waals surface area contributed by atoms with Crippen LogP contribution in [0.15, 0.2) is 24.3 Å². The number of aliphatic carboxylic acids is 1. The van der Waals surface area contributed by atoms with Gasteiger partial charge in [-0.1, -0.05) is 18.2 Å². The second-order valence-electron chi connectivity index (χ2n) is 4.91. The zero-order valence-corrected chi connectivity index (χ0v) is 10.9. The van der Waals surface area contributed by atoms with Crippen LogP contribution in [-0.4, -0.2) is 24.2 Å². The van der Waals surface area contributed by atoms with Crippen LogP contribution in [0, 0.1) is 11.3 Å². The summed E-state index contributed by atoms with van der Waals surface area (Å²) >= 11 is 0. The molecule has 0 amide bonds. The summed E-state index contributed by atoms with van der Waals surface area (Å²) < 4.78 is 0. The van der Waals surface area contributed by atoms with E-state index in [0.29, 0.717) is 6.42 Å². The molecule has 1 aromatic carbocycles. The van der Waals surface area contributed by atoms with Crippen molar-refractivity contribution in [1.29, 1.82) is 5.26 Å². The number of carboxylic acid groups (broad SMARTS) is 1. The van der Waals surface area contributed by atoms with Gasteiger partial charge in [0.2, 0.25) is 0 Å². The number of hydrogen-bond acceptors (Lipinski definition) is 3. The molecule has 19 heavy (non-hydrogen) atoms. The molecule has 0 bridgehead atoms. The number of hydrogen-bond donors (Lipinski definition) is 1. The van der Waals surface area contributed by atoms with Crippen molar-refractivity contribution in [2.45, 2.75) is 31.6 Å². The lowest BCUT2D eigenvalue weighted by Crippen LogP contribution is -2.23. The van der Waals surface area contributed by atoms with E-state index in [-0.39, 0.29) is 12.3 Å². The average Bonchev–Trinajstić information content (AvgIpc) is 2.73. The van der Waals surface area contributed by atoms with Crippen molar-refractivity contribution in [2.75, 3.05) is 18.0 Å². The van der Waals surface area contributed by atoms with Gasteiger partial charge in [0.15, 0.2) is 0 Å². The molecular formula is C15H18N2O2. The highest BCUT2D eigenvalue weighted by Crippen LogP contribution is 2.37. The number of carboxylic acids is 1. The standard InChI is InChI=1S/C15H18N2O2/c16-8-4-1-5-9-17-11-12(10-15(18)19)13-6-2-3-7-14(13)17/h2-3,6-7,12H,1,4-5,9-11H2,(H,18,19). The molecule has 1 aliphatic rings. The van der Waals surface area contributed by atoms with Crippen LogP contribution in [0.25, 0.3) is 0 Å². The van der Waals surface area contributed by atoms with E-state index in [1.165, 1.54) is 0 Å². The molecule has 1 heterocycles. The summed E-state index contributed by atoms with van der Waals surface area (Å²) in [4.78, 5) is 13.2. The third kappa shape index (κ3) is 3.25. The minimum Gasteiger partial charge on any atom is -0.481 e. The third-order valence-corrected chi connectivity index (χ3v) is 3.55. The van der Waals surface area contributed by atoms with Gasteiger partial charge < -0.3 is 10.0 Å². The molecule has 0 saturated heterocycles. The number of unbranched alkanes of at least 4 members (excludes halogenated alkanes) is 2. The van der Waals surface area contributed by atoms with Crippen molar-refractivity contribution in [3.8, 4) is 6.07 Å². The summed E-state index contributed by atoms with van der Waals surface area (Å²) in [5.74, 6) is -0.657. The van der Waals surface area contributed by atoms with Crippen molar-refractivity contribution in [2.24, 2.45) is 0 Å². The number of para-hydroxylation sites is 1. The summed E-state index contributed by atoms with van der Waals surface area (Å²) in [7, 11) is 0. The van der Waals surface area contributed by atoms with E-state index in [0.717, 1.165) is 37.2 Å². The van der Waals surface area contributed by atoms with Gasteiger partial charge in [0.05, 0.1) is 12.5 Å². The topological polar surface area (TPSA) is 64.3 Å². The zero-order chi connectivity index (χ0) is 13.7. The maximum absolute atomic E-state index is 10.9. The average molecular weight is 258 g/mol. The second kappa shape index (κ2) is 6.24. The Morgan fingerprint density at radius 1 is 1.42 bits per heavy atom. The molecule has 0 spiro atoms. The van der Waals surface area contributed by atoms with Crippen LogP contribution in [0.3, 0.4) is 0 Å². The number of carbonyl (C=O) groups is 1. The van der Waals surface area contributed by atoms with Gasteiger partial charge in [-0.05, 0) is 24.5 Å². The Morgan fingerprint density at radius 2 is 2.21 bits per heavy atom. The van der Waals surface area contributed by atoms with Gasteiger partial charge in [0.25, 0.3) is 0 Å². The Kier molecular flexibility index (Phi) is 4.40. The maximum atomic E-state index is 10.9. The molecule has 2 rings (SSSR count). The first kappa shape index (κ1) is 13.4. The second-order valence-corrected chi connectivity index (χ2v) is 4.91. The molecule has 1 N–H and O–H groups in total. The maximum Gasteiger partial charge on any atom is 0.304 e. The summed E-state index contributed by atoms with van der Waals surface area (Å²) in [6, 6.07) is 10.2. The summed E-state index contributed by atoms with van der Waals surface area (Å²) in [6.07, 6.45) is 2.65. The van der Waals surface area contributed by atoms with Crippen molar-refractivity contribution >= 4 is 11.7 Å². The van der Waals surface area contributed by atoms with Gasteiger partial charge >= 0.3 is 5.97 Å². The molecule has 4 nitrogen and oxygen atoms in total. The number of nitriles is 1. The highest BCUT2D eigenvalue weighted by atomic mass is 16.4. The Hall–Kier alpha value is -2.02. The first-order valence-electron chi connectivity index (χ1n) is 6.65. The number of nitrogens with zero attached hydrogens (tertiary/aromatic N) is 2. The highest BCUT2D eigenvalue weighted by molar-refractivity contribution is 5.71. The lowest BCUT2D eigenvalue weighted by molar-refractivity contribution is -0.137. The molecule has 1 unspecified atom stereocenters. The number of benzene rings is 1. The SMILES string of the molecule is N#CCCCCN1CC(CC(=O)O)c2ccccc21. The zero-order valence-electron chi connectivity index (χ0n) is 10.9. The van der Waals surface area contributed by atoms with E-state index in [9.17, 15) is 4.79 Å². The first-order chi connectivity index (χ1) is 9.22. The lowest BCUT2D eigenvalue weighted by atomic mass is 9.98. The van der Waals surface area contributed by atoms with Crippen molar-refractivity contribution in [3.63, 3.8) is 0 Å². The van der Waals surface area contributed by atoms with Crippen molar-refractivity contribution in [1.82, 2.24) is 0 Å². The van der Waals surface area contributed by atoms with Crippen molar-refractivity contribution < 1.29 is 9.90 Å². The molecular weight excluding hydrogens is 240 g/mol. The van der Waals surface area contributed by atoms with Gasteiger partial charge in [-0.3, -0.25) is 4.79 Å². The molecule has 100 valence electrons. The van der Waals surface area contributed by atoms with E-state index < -0.39 is 5.97 Å². The number of anilines is 1. The highest BCUT2D eigenvalue weighted by Gasteiger charge is 2.29. The predicted octanol–water partition coefficient (Wildman–Crippen LogP) is 2.76. The smallest absolute Gasteiger partial charge is 0.304 e. The molecule has 0 aliphatic carbocycles. The lowest BCUT2D eigenvalue weighted by Gasteiger charge is -2.19. The molecule has 1 aromatic rings. The fourth-order valence-electron chi connectivity index (χ4n) is 2.69. The normalized spacial score (nSPS) is 17.0. The van der Waals surface area contributed by atoms with Gasteiger partial charge in [-0.2, -0.15) is 5.26 Å². The van der Waals surface area contributed by atoms with Gasteiger partial charge in [0.1, 0.15) is 0 Å². The Morgan fingerprint density at radius 3 is 2.95 bits per heavy atom. The van der Waals surface area contributed by atoms with E-state index in [4.69, 9.17) is 10.4 Å². The van der Waals surface area contributed by atoms with Crippen LogP contribution < -0.4 is 4.90 Å². The van der Waals surface area contributed by atoms with Crippen molar-refractivity contribution in [3.05, 3.63) is 29.8 Å². The minimum atomic E-state index is -0.744. The number of rotatable bonds is 6. The quantitative estimate of drug-likeness (QED) is 0.797. The molecule has 0 fully saturated rings. The Labute approximate surface area is 113 Å². The van der Waals surface area contributed by atoms with Crippen LogP contribution in [0.5, 0.6) is 0 Å². The Balaban J connectivity index is 2.03. The van der Waals surface area contributed by atoms with Crippen LogP contribution in [0.1, 0.15) is 37.2 Å². The molecule has 1 atom stereocenters. The third-order valence-electron chi connectivity index (χ3n) is 3.55. The molecule has 0 aromatic heterocycles.